The van der Waals surface area contributed by atoms with Gasteiger partial charge in [-0.05, 0) is 43.0 Å². The summed E-state index contributed by atoms with van der Waals surface area (Å²) in [7, 11) is 0. The molecule has 0 spiro atoms. The molecule has 1 atom stereocenters. The first-order valence-corrected chi connectivity index (χ1v) is 8.98. The van der Waals surface area contributed by atoms with Crippen LogP contribution in [0, 0.1) is 0 Å². The van der Waals surface area contributed by atoms with Crippen molar-refractivity contribution in [3.05, 3.63) is 42.2 Å². The molecule has 7 heteroatoms. The van der Waals surface area contributed by atoms with Crippen molar-refractivity contribution in [2.75, 3.05) is 24.8 Å². The van der Waals surface area contributed by atoms with Crippen molar-refractivity contribution in [3.63, 3.8) is 0 Å². The van der Waals surface area contributed by atoms with Crippen LogP contribution in [0.15, 0.2) is 36.7 Å². The minimum Gasteiger partial charge on any atom is -0.454 e. The molecule has 1 fully saturated rings. The quantitative estimate of drug-likeness (QED) is 0.884. The molecular weight excluding hydrogens is 332 g/mol. The van der Waals surface area contributed by atoms with Crippen molar-refractivity contribution >= 4 is 11.9 Å². The fourth-order valence-corrected chi connectivity index (χ4v) is 3.39. The lowest BCUT2D eigenvalue weighted by molar-refractivity contribution is -0.121. The number of fused-ring (bicyclic) bond motifs is 1. The summed E-state index contributed by atoms with van der Waals surface area (Å²) in [4.78, 5) is 23.1. The summed E-state index contributed by atoms with van der Waals surface area (Å²) >= 11 is 0. The van der Waals surface area contributed by atoms with Gasteiger partial charge < -0.3 is 19.7 Å². The minimum atomic E-state index is 0.0727. The number of aryl methyl sites for hydroxylation is 1. The Hall–Kier alpha value is -2.83. The SMILES string of the molecule is O=C(CCc1ccc2c(c1)OCO2)NC1CCCN(c2ncccn2)C1. The molecule has 7 nitrogen and oxygen atoms in total. The van der Waals surface area contributed by atoms with E-state index in [1.807, 2.05) is 24.3 Å². The highest BCUT2D eigenvalue weighted by Crippen LogP contribution is 2.32. The lowest BCUT2D eigenvalue weighted by Crippen LogP contribution is -2.48. The monoisotopic (exact) mass is 354 g/mol. The molecular formula is C19H22N4O3. The Kier molecular flexibility index (Phi) is 4.86. The summed E-state index contributed by atoms with van der Waals surface area (Å²) < 4.78 is 10.7. The average Bonchev–Trinajstić information content (AvgIpc) is 3.15. The molecule has 0 bridgehead atoms. The van der Waals surface area contributed by atoms with Gasteiger partial charge in [0.15, 0.2) is 11.5 Å². The number of amides is 1. The third-order valence-electron chi connectivity index (χ3n) is 4.70. The predicted molar refractivity (Wildman–Crippen MR) is 96.3 cm³/mol. The van der Waals surface area contributed by atoms with E-state index in [9.17, 15) is 4.79 Å². The Bertz CT molecular complexity index is 769. The Morgan fingerprint density at radius 3 is 2.96 bits per heavy atom. The molecule has 1 aromatic carbocycles. The second-order valence-electron chi connectivity index (χ2n) is 6.59. The number of nitrogens with one attached hydrogen (secondary N) is 1. The highest BCUT2D eigenvalue weighted by atomic mass is 16.7. The molecule has 1 N–H and O–H groups in total. The second kappa shape index (κ2) is 7.59. The van der Waals surface area contributed by atoms with Gasteiger partial charge in [-0.2, -0.15) is 0 Å². The first-order valence-electron chi connectivity index (χ1n) is 8.98. The minimum absolute atomic E-state index is 0.0727. The third-order valence-corrected chi connectivity index (χ3v) is 4.70. The van der Waals surface area contributed by atoms with Crippen LogP contribution >= 0.6 is 0 Å². The number of carbonyl (C=O) groups is 1. The molecule has 1 aromatic heterocycles. The molecule has 2 aromatic rings. The zero-order valence-electron chi connectivity index (χ0n) is 14.6. The first-order chi connectivity index (χ1) is 12.8. The van der Waals surface area contributed by atoms with E-state index in [2.05, 4.69) is 20.2 Å². The molecule has 2 aliphatic rings. The van der Waals surface area contributed by atoms with Gasteiger partial charge in [-0.3, -0.25) is 4.79 Å². The molecule has 0 radical (unpaired) electrons. The highest BCUT2D eigenvalue weighted by molar-refractivity contribution is 5.76. The maximum Gasteiger partial charge on any atom is 0.231 e. The number of hydrogen-bond acceptors (Lipinski definition) is 6. The number of anilines is 1. The van der Waals surface area contributed by atoms with Crippen LogP contribution in [0.1, 0.15) is 24.8 Å². The Labute approximate surface area is 152 Å². The molecule has 2 aliphatic heterocycles. The maximum absolute atomic E-state index is 12.3. The number of piperidine rings is 1. The molecule has 1 unspecified atom stereocenters. The van der Waals surface area contributed by atoms with Gasteiger partial charge in [-0.15, -0.1) is 0 Å². The molecule has 1 saturated heterocycles. The van der Waals surface area contributed by atoms with Crippen LogP contribution in [0.4, 0.5) is 5.95 Å². The van der Waals surface area contributed by atoms with E-state index in [4.69, 9.17) is 9.47 Å². The maximum atomic E-state index is 12.3. The zero-order chi connectivity index (χ0) is 17.8. The topological polar surface area (TPSA) is 76.6 Å². The van der Waals surface area contributed by atoms with Crippen LogP contribution in [0.2, 0.25) is 0 Å². The van der Waals surface area contributed by atoms with Crippen LogP contribution < -0.4 is 19.7 Å². The van der Waals surface area contributed by atoms with E-state index >= 15 is 0 Å². The lowest BCUT2D eigenvalue weighted by Gasteiger charge is -2.33. The van der Waals surface area contributed by atoms with Gasteiger partial charge in [0.25, 0.3) is 0 Å². The van der Waals surface area contributed by atoms with E-state index in [0.717, 1.165) is 48.9 Å². The van der Waals surface area contributed by atoms with Crippen molar-refractivity contribution in [2.24, 2.45) is 0 Å². The summed E-state index contributed by atoms with van der Waals surface area (Å²) in [6.07, 6.45) is 6.63. The first kappa shape index (κ1) is 16.6. The van der Waals surface area contributed by atoms with Crippen molar-refractivity contribution in [3.8, 4) is 11.5 Å². The second-order valence-corrected chi connectivity index (χ2v) is 6.59. The van der Waals surface area contributed by atoms with E-state index < -0.39 is 0 Å². The molecule has 136 valence electrons. The van der Waals surface area contributed by atoms with Gasteiger partial charge in [0, 0.05) is 37.9 Å². The van der Waals surface area contributed by atoms with Crippen LogP contribution in [-0.4, -0.2) is 41.8 Å². The van der Waals surface area contributed by atoms with E-state index in [0.29, 0.717) is 12.8 Å². The van der Waals surface area contributed by atoms with Gasteiger partial charge >= 0.3 is 0 Å². The van der Waals surface area contributed by atoms with Gasteiger partial charge in [0.2, 0.25) is 18.6 Å². The molecule has 4 rings (SSSR count). The Morgan fingerprint density at radius 2 is 2.08 bits per heavy atom. The number of nitrogens with zero attached hydrogens (tertiary/aromatic N) is 3. The lowest BCUT2D eigenvalue weighted by atomic mass is 10.0. The smallest absolute Gasteiger partial charge is 0.231 e. The molecule has 1 amide bonds. The summed E-state index contributed by atoms with van der Waals surface area (Å²) in [6.45, 7) is 1.94. The molecule has 0 saturated carbocycles. The predicted octanol–water partition coefficient (Wildman–Crippen LogP) is 1.92. The number of benzene rings is 1. The summed E-state index contributed by atoms with van der Waals surface area (Å²) in [5.41, 5.74) is 1.08. The molecule has 26 heavy (non-hydrogen) atoms. The standard InChI is InChI=1S/C19H22N4O3/c24-18(7-5-14-4-6-16-17(11-14)26-13-25-16)22-15-3-1-10-23(12-15)19-20-8-2-9-21-19/h2,4,6,8-9,11,15H,1,3,5,7,10,12-13H2,(H,22,24). The van der Waals surface area contributed by atoms with Gasteiger partial charge in [-0.1, -0.05) is 6.07 Å². The number of hydrogen-bond donors (Lipinski definition) is 1. The van der Waals surface area contributed by atoms with Crippen molar-refractivity contribution < 1.29 is 14.3 Å². The normalized spacial score (nSPS) is 18.6. The van der Waals surface area contributed by atoms with Crippen LogP contribution in [-0.2, 0) is 11.2 Å². The van der Waals surface area contributed by atoms with Gasteiger partial charge in [0.1, 0.15) is 0 Å². The fraction of sp³-hybridized carbons (Fsp3) is 0.421. The highest BCUT2D eigenvalue weighted by Gasteiger charge is 2.23. The number of carbonyl (C=O) groups excluding carboxylic acids is 1. The third kappa shape index (κ3) is 3.87. The summed E-state index contributed by atoms with van der Waals surface area (Å²) in [6, 6.07) is 7.77. The Balaban J connectivity index is 1.28. The van der Waals surface area contributed by atoms with E-state index in [1.54, 1.807) is 12.4 Å². The van der Waals surface area contributed by atoms with E-state index in [-0.39, 0.29) is 18.7 Å². The van der Waals surface area contributed by atoms with Crippen molar-refractivity contribution in [1.82, 2.24) is 15.3 Å². The van der Waals surface area contributed by atoms with Gasteiger partial charge in [0.05, 0.1) is 0 Å². The fourth-order valence-electron chi connectivity index (χ4n) is 3.39. The summed E-state index contributed by atoms with van der Waals surface area (Å²) in [5.74, 6) is 2.33. The van der Waals surface area contributed by atoms with Crippen LogP contribution in [0.25, 0.3) is 0 Å². The van der Waals surface area contributed by atoms with E-state index in [1.165, 1.54) is 0 Å². The van der Waals surface area contributed by atoms with Crippen LogP contribution in [0.5, 0.6) is 11.5 Å². The van der Waals surface area contributed by atoms with Crippen molar-refractivity contribution in [2.45, 2.75) is 31.7 Å². The van der Waals surface area contributed by atoms with Crippen LogP contribution in [0.3, 0.4) is 0 Å². The molecule has 3 heterocycles. The Morgan fingerprint density at radius 1 is 1.23 bits per heavy atom. The van der Waals surface area contributed by atoms with Crippen molar-refractivity contribution in [1.29, 1.82) is 0 Å². The van der Waals surface area contributed by atoms with Gasteiger partial charge in [-0.25, -0.2) is 9.97 Å². The number of rotatable bonds is 5. The number of aromatic nitrogens is 2. The summed E-state index contributed by atoms with van der Waals surface area (Å²) in [5, 5.41) is 3.15. The molecule has 0 aliphatic carbocycles. The zero-order valence-corrected chi connectivity index (χ0v) is 14.6. The largest absolute Gasteiger partial charge is 0.454 e. The number of ether oxygens (including phenoxy) is 2. The average molecular weight is 354 g/mol.